The Morgan fingerprint density at radius 1 is 1.33 bits per heavy atom. The van der Waals surface area contributed by atoms with E-state index in [-0.39, 0.29) is 6.10 Å². The van der Waals surface area contributed by atoms with Gasteiger partial charge in [0.15, 0.2) is 0 Å². The fraction of sp³-hybridized carbons (Fsp3) is 0.538. The molecule has 1 fully saturated rings. The predicted octanol–water partition coefficient (Wildman–Crippen LogP) is 2.76. The summed E-state index contributed by atoms with van der Waals surface area (Å²) < 4.78 is 5.71. The maximum Gasteiger partial charge on any atom is 0.125 e. The van der Waals surface area contributed by atoms with Crippen LogP contribution in [-0.2, 0) is 5.60 Å². The zero-order chi connectivity index (χ0) is 11.1. The van der Waals surface area contributed by atoms with Crippen molar-refractivity contribution >= 4 is 0 Å². The lowest BCUT2D eigenvalue weighted by Gasteiger charge is -2.18. The van der Waals surface area contributed by atoms with Crippen molar-refractivity contribution in [3.8, 4) is 5.75 Å². The lowest BCUT2D eigenvalue weighted by molar-refractivity contribution is 0.141. The van der Waals surface area contributed by atoms with Gasteiger partial charge in [-0.1, -0.05) is 11.6 Å². The molecule has 2 heteroatoms. The molecule has 1 aromatic carbocycles. The summed E-state index contributed by atoms with van der Waals surface area (Å²) in [5, 5.41) is 10.1. The highest BCUT2D eigenvalue weighted by atomic mass is 16.5. The van der Waals surface area contributed by atoms with Crippen LogP contribution in [0.3, 0.4) is 0 Å². The molecule has 1 saturated carbocycles. The lowest BCUT2D eigenvalue weighted by Crippen LogP contribution is -2.12. The van der Waals surface area contributed by atoms with Crippen molar-refractivity contribution in [2.24, 2.45) is 0 Å². The number of hydrogen-bond donors (Lipinski definition) is 1. The average molecular weight is 206 g/mol. The Kier molecular flexibility index (Phi) is 2.47. The van der Waals surface area contributed by atoms with Crippen molar-refractivity contribution in [2.75, 3.05) is 0 Å². The van der Waals surface area contributed by atoms with Crippen molar-refractivity contribution in [1.82, 2.24) is 0 Å². The SMILES string of the molecule is Cc1ccc(OC(C)C)c(C2(O)CC2)c1. The van der Waals surface area contributed by atoms with Gasteiger partial charge in [-0.3, -0.25) is 0 Å². The van der Waals surface area contributed by atoms with Gasteiger partial charge in [0.1, 0.15) is 5.75 Å². The van der Waals surface area contributed by atoms with E-state index in [9.17, 15) is 5.11 Å². The summed E-state index contributed by atoms with van der Waals surface area (Å²) >= 11 is 0. The van der Waals surface area contributed by atoms with Gasteiger partial charge in [-0.2, -0.15) is 0 Å². The van der Waals surface area contributed by atoms with Gasteiger partial charge in [-0.15, -0.1) is 0 Å². The number of hydrogen-bond acceptors (Lipinski definition) is 2. The smallest absolute Gasteiger partial charge is 0.125 e. The summed E-state index contributed by atoms with van der Waals surface area (Å²) in [6.45, 7) is 6.04. The van der Waals surface area contributed by atoms with Crippen LogP contribution in [0.4, 0.5) is 0 Å². The molecule has 15 heavy (non-hydrogen) atoms. The van der Waals surface area contributed by atoms with Crippen LogP contribution in [0, 0.1) is 6.92 Å². The Labute approximate surface area is 90.9 Å². The number of benzene rings is 1. The highest BCUT2D eigenvalue weighted by Crippen LogP contribution is 2.49. The largest absolute Gasteiger partial charge is 0.491 e. The second-order valence-electron chi connectivity index (χ2n) is 4.70. The first kappa shape index (κ1) is 10.5. The van der Waals surface area contributed by atoms with Crippen LogP contribution in [0.5, 0.6) is 5.75 Å². The molecule has 1 aromatic rings. The van der Waals surface area contributed by atoms with Crippen LogP contribution >= 0.6 is 0 Å². The van der Waals surface area contributed by atoms with E-state index in [4.69, 9.17) is 4.74 Å². The topological polar surface area (TPSA) is 29.5 Å². The molecule has 0 aliphatic heterocycles. The van der Waals surface area contributed by atoms with Crippen molar-refractivity contribution < 1.29 is 9.84 Å². The number of rotatable bonds is 3. The molecule has 0 aromatic heterocycles. The van der Waals surface area contributed by atoms with Gasteiger partial charge in [0.2, 0.25) is 0 Å². The molecule has 1 aliphatic carbocycles. The van der Waals surface area contributed by atoms with Crippen molar-refractivity contribution in [3.05, 3.63) is 29.3 Å². The average Bonchev–Trinajstić information content (AvgIpc) is 2.87. The van der Waals surface area contributed by atoms with Gasteiger partial charge in [-0.05, 0) is 45.7 Å². The molecule has 2 nitrogen and oxygen atoms in total. The molecular weight excluding hydrogens is 188 g/mol. The fourth-order valence-electron chi connectivity index (χ4n) is 1.75. The van der Waals surface area contributed by atoms with E-state index in [1.54, 1.807) is 0 Å². The van der Waals surface area contributed by atoms with E-state index in [0.717, 1.165) is 24.2 Å². The normalized spacial score (nSPS) is 17.9. The molecule has 0 bridgehead atoms. The quantitative estimate of drug-likeness (QED) is 0.824. The second-order valence-corrected chi connectivity index (χ2v) is 4.70. The zero-order valence-electron chi connectivity index (χ0n) is 9.58. The van der Waals surface area contributed by atoms with Gasteiger partial charge in [-0.25, -0.2) is 0 Å². The Morgan fingerprint density at radius 3 is 2.53 bits per heavy atom. The van der Waals surface area contributed by atoms with Crippen LogP contribution in [0.25, 0.3) is 0 Å². The maximum atomic E-state index is 10.1. The molecule has 0 spiro atoms. The molecule has 0 saturated heterocycles. The van der Waals surface area contributed by atoms with Crippen LogP contribution < -0.4 is 4.74 Å². The third-order valence-electron chi connectivity index (χ3n) is 2.72. The minimum Gasteiger partial charge on any atom is -0.491 e. The highest BCUT2D eigenvalue weighted by molar-refractivity contribution is 5.43. The lowest BCUT2D eigenvalue weighted by atomic mass is 10.0. The summed E-state index contributed by atoms with van der Waals surface area (Å²) in [6, 6.07) is 6.01. The van der Waals surface area contributed by atoms with E-state index >= 15 is 0 Å². The van der Waals surface area contributed by atoms with Gasteiger partial charge >= 0.3 is 0 Å². The minimum atomic E-state index is -0.615. The predicted molar refractivity (Wildman–Crippen MR) is 60.1 cm³/mol. The third-order valence-corrected chi connectivity index (χ3v) is 2.72. The number of ether oxygens (including phenoxy) is 1. The van der Waals surface area contributed by atoms with Crippen molar-refractivity contribution in [2.45, 2.75) is 45.3 Å². The van der Waals surface area contributed by atoms with Crippen molar-refractivity contribution in [1.29, 1.82) is 0 Å². The Hall–Kier alpha value is -1.02. The standard InChI is InChI=1S/C13H18O2/c1-9(2)15-12-5-4-10(3)8-11(12)13(14)6-7-13/h4-5,8-9,14H,6-7H2,1-3H3. The monoisotopic (exact) mass is 206 g/mol. The maximum absolute atomic E-state index is 10.1. The molecule has 0 heterocycles. The molecule has 0 amide bonds. The van der Waals surface area contributed by atoms with Gasteiger partial charge in [0.25, 0.3) is 0 Å². The first-order valence-corrected chi connectivity index (χ1v) is 5.51. The van der Waals surface area contributed by atoms with Gasteiger partial charge < -0.3 is 9.84 Å². The third kappa shape index (κ3) is 2.15. The Bertz CT molecular complexity index is 365. The Morgan fingerprint density at radius 2 is 2.00 bits per heavy atom. The van der Waals surface area contributed by atoms with Crippen LogP contribution in [0.1, 0.15) is 37.8 Å². The van der Waals surface area contributed by atoms with E-state index in [1.165, 1.54) is 5.56 Å². The van der Waals surface area contributed by atoms with E-state index in [0.29, 0.717) is 0 Å². The molecule has 1 aliphatic rings. The van der Waals surface area contributed by atoms with Crippen molar-refractivity contribution in [3.63, 3.8) is 0 Å². The Balaban J connectivity index is 2.36. The molecule has 2 rings (SSSR count). The van der Waals surface area contributed by atoms with Crippen LogP contribution in [0.15, 0.2) is 18.2 Å². The van der Waals surface area contributed by atoms with Crippen LogP contribution in [-0.4, -0.2) is 11.2 Å². The van der Waals surface area contributed by atoms with Crippen LogP contribution in [0.2, 0.25) is 0 Å². The highest BCUT2D eigenvalue weighted by Gasteiger charge is 2.44. The summed E-state index contributed by atoms with van der Waals surface area (Å²) in [7, 11) is 0. The molecule has 0 atom stereocenters. The molecule has 82 valence electrons. The van der Waals surface area contributed by atoms with Gasteiger partial charge in [0, 0.05) is 5.56 Å². The molecular formula is C13H18O2. The zero-order valence-corrected chi connectivity index (χ0v) is 9.58. The summed E-state index contributed by atoms with van der Waals surface area (Å²) in [6.07, 6.45) is 1.85. The van der Waals surface area contributed by atoms with E-state index in [1.807, 2.05) is 39.0 Å². The summed E-state index contributed by atoms with van der Waals surface area (Å²) in [4.78, 5) is 0. The first-order chi connectivity index (χ1) is 7.01. The van der Waals surface area contributed by atoms with E-state index in [2.05, 4.69) is 0 Å². The summed E-state index contributed by atoms with van der Waals surface area (Å²) in [5.74, 6) is 0.829. The molecule has 1 N–H and O–H groups in total. The number of aryl methyl sites for hydroxylation is 1. The first-order valence-electron chi connectivity index (χ1n) is 5.51. The second kappa shape index (κ2) is 3.53. The number of aliphatic hydroxyl groups is 1. The molecule has 0 unspecified atom stereocenters. The fourth-order valence-corrected chi connectivity index (χ4v) is 1.75. The minimum absolute atomic E-state index is 0.147. The molecule has 0 radical (unpaired) electrons. The summed E-state index contributed by atoms with van der Waals surface area (Å²) in [5.41, 5.74) is 1.51. The van der Waals surface area contributed by atoms with E-state index < -0.39 is 5.60 Å². The van der Waals surface area contributed by atoms with Gasteiger partial charge in [0.05, 0.1) is 11.7 Å².